The van der Waals surface area contributed by atoms with Gasteiger partial charge in [0.2, 0.25) is 5.91 Å². The number of carbonyl (C=O) groups is 4. The Bertz CT molecular complexity index is 902. The molecule has 28 heavy (non-hydrogen) atoms. The Morgan fingerprint density at radius 2 is 1.54 bits per heavy atom. The molecule has 144 valence electrons. The summed E-state index contributed by atoms with van der Waals surface area (Å²) in [5, 5.41) is 5.35. The Hall–Kier alpha value is -3.48. The molecule has 2 aromatic carbocycles. The number of rotatable bonds is 6. The molecule has 0 unspecified atom stereocenters. The van der Waals surface area contributed by atoms with Gasteiger partial charge in [-0.2, -0.15) is 0 Å². The van der Waals surface area contributed by atoms with Crippen LogP contribution in [0.25, 0.3) is 0 Å². The lowest BCUT2D eigenvalue weighted by Gasteiger charge is -2.16. The molecule has 0 spiro atoms. The first kappa shape index (κ1) is 19.3. The third-order valence-corrected chi connectivity index (χ3v) is 4.47. The van der Waals surface area contributed by atoms with Crippen LogP contribution in [0.2, 0.25) is 0 Å². The van der Waals surface area contributed by atoms with E-state index in [0.29, 0.717) is 28.9 Å². The van der Waals surface area contributed by atoms with E-state index in [-0.39, 0.29) is 17.7 Å². The second-order valence-corrected chi connectivity index (χ2v) is 6.52. The number of anilines is 1. The van der Waals surface area contributed by atoms with Crippen LogP contribution in [-0.2, 0) is 4.79 Å². The molecular formula is C21H21N3O4. The summed E-state index contributed by atoms with van der Waals surface area (Å²) in [4.78, 5) is 50.3. The smallest absolute Gasteiger partial charge is 0.266 e. The predicted octanol–water partition coefficient (Wildman–Crippen LogP) is 2.13. The number of amides is 4. The molecule has 0 aliphatic carbocycles. The minimum Gasteiger partial charge on any atom is -0.354 e. The highest BCUT2D eigenvalue weighted by atomic mass is 16.2. The summed E-state index contributed by atoms with van der Waals surface area (Å²) in [5.41, 5.74) is 1.44. The van der Waals surface area contributed by atoms with E-state index in [1.54, 1.807) is 43.3 Å². The van der Waals surface area contributed by atoms with Crippen molar-refractivity contribution in [2.24, 2.45) is 0 Å². The van der Waals surface area contributed by atoms with Crippen LogP contribution < -0.4 is 15.5 Å². The van der Waals surface area contributed by atoms with E-state index in [0.717, 1.165) is 11.3 Å². The minimum absolute atomic E-state index is 0.252. The van der Waals surface area contributed by atoms with Gasteiger partial charge in [-0.15, -0.1) is 0 Å². The fourth-order valence-electron chi connectivity index (χ4n) is 2.93. The van der Waals surface area contributed by atoms with Crippen LogP contribution in [0.3, 0.4) is 0 Å². The summed E-state index contributed by atoms with van der Waals surface area (Å²) < 4.78 is 0. The number of nitrogens with one attached hydrogen (secondary N) is 2. The van der Waals surface area contributed by atoms with Crippen LogP contribution in [-0.4, -0.2) is 36.2 Å². The zero-order chi connectivity index (χ0) is 20.3. The molecule has 0 saturated heterocycles. The van der Waals surface area contributed by atoms with Gasteiger partial charge in [-0.05, 0) is 49.7 Å². The number of nitrogens with zero attached hydrogens (tertiary/aromatic N) is 1. The lowest BCUT2D eigenvalue weighted by atomic mass is 10.1. The number of carbonyl (C=O) groups excluding carboxylic acids is 4. The van der Waals surface area contributed by atoms with Gasteiger partial charge in [-0.1, -0.05) is 19.1 Å². The third kappa shape index (κ3) is 3.64. The average molecular weight is 379 g/mol. The Labute approximate surface area is 162 Å². The van der Waals surface area contributed by atoms with E-state index in [9.17, 15) is 19.2 Å². The summed E-state index contributed by atoms with van der Waals surface area (Å²) in [7, 11) is 0. The Balaban J connectivity index is 1.71. The molecule has 3 rings (SSSR count). The van der Waals surface area contributed by atoms with Crippen molar-refractivity contribution in [3.8, 4) is 0 Å². The number of hydrogen-bond acceptors (Lipinski definition) is 4. The van der Waals surface area contributed by atoms with Gasteiger partial charge in [-0.3, -0.25) is 19.2 Å². The van der Waals surface area contributed by atoms with Crippen molar-refractivity contribution in [1.29, 1.82) is 0 Å². The normalized spacial score (nSPS) is 13.9. The summed E-state index contributed by atoms with van der Waals surface area (Å²) >= 11 is 0. The lowest BCUT2D eigenvalue weighted by molar-refractivity contribution is -0.122. The molecule has 1 atom stereocenters. The molecule has 0 fully saturated rings. The standard InChI is InChI=1S/C21H21N3O4/c1-3-12-22-18(25)13(2)23-19(26)14-8-10-15(11-9-14)24-20(27)16-6-4-5-7-17(16)21(24)28/h4-11,13H,3,12H2,1-2H3,(H,22,25)(H,23,26)/t13-/m0/s1. The second-order valence-electron chi connectivity index (χ2n) is 6.52. The molecule has 7 heteroatoms. The molecule has 0 saturated carbocycles. The Kier molecular flexibility index (Phi) is 5.54. The summed E-state index contributed by atoms with van der Waals surface area (Å²) in [6.45, 7) is 4.10. The van der Waals surface area contributed by atoms with Gasteiger partial charge >= 0.3 is 0 Å². The highest BCUT2D eigenvalue weighted by Gasteiger charge is 2.36. The molecule has 4 amide bonds. The second kappa shape index (κ2) is 8.04. The van der Waals surface area contributed by atoms with Gasteiger partial charge in [0.1, 0.15) is 6.04 Å². The van der Waals surface area contributed by atoms with Gasteiger partial charge < -0.3 is 10.6 Å². The summed E-state index contributed by atoms with van der Waals surface area (Å²) in [6.07, 6.45) is 0.811. The third-order valence-electron chi connectivity index (χ3n) is 4.47. The molecule has 2 aromatic rings. The predicted molar refractivity (Wildman–Crippen MR) is 104 cm³/mol. The van der Waals surface area contributed by atoms with Crippen molar-refractivity contribution in [2.45, 2.75) is 26.3 Å². The largest absolute Gasteiger partial charge is 0.354 e. The van der Waals surface area contributed by atoms with E-state index in [4.69, 9.17) is 0 Å². The lowest BCUT2D eigenvalue weighted by Crippen LogP contribution is -2.45. The van der Waals surface area contributed by atoms with Crippen LogP contribution in [0.15, 0.2) is 48.5 Å². The zero-order valence-corrected chi connectivity index (χ0v) is 15.7. The first-order valence-corrected chi connectivity index (χ1v) is 9.10. The maximum Gasteiger partial charge on any atom is 0.266 e. The van der Waals surface area contributed by atoms with Gasteiger partial charge in [0.05, 0.1) is 16.8 Å². The van der Waals surface area contributed by atoms with Crippen LogP contribution in [0.5, 0.6) is 0 Å². The van der Waals surface area contributed by atoms with E-state index in [1.807, 2.05) is 6.92 Å². The summed E-state index contributed by atoms with van der Waals surface area (Å²) in [5.74, 6) is -1.44. The molecule has 1 aliphatic rings. The fraction of sp³-hybridized carbons (Fsp3) is 0.238. The van der Waals surface area contributed by atoms with Crippen molar-refractivity contribution >= 4 is 29.3 Å². The van der Waals surface area contributed by atoms with Gasteiger partial charge in [0.25, 0.3) is 17.7 Å². The van der Waals surface area contributed by atoms with Gasteiger partial charge in [-0.25, -0.2) is 4.90 Å². The molecule has 0 radical (unpaired) electrons. The van der Waals surface area contributed by atoms with Crippen molar-refractivity contribution in [1.82, 2.24) is 10.6 Å². The van der Waals surface area contributed by atoms with E-state index < -0.39 is 11.9 Å². The van der Waals surface area contributed by atoms with Crippen molar-refractivity contribution in [3.63, 3.8) is 0 Å². The van der Waals surface area contributed by atoms with Gasteiger partial charge in [0, 0.05) is 12.1 Å². The molecule has 0 aromatic heterocycles. The highest BCUT2D eigenvalue weighted by molar-refractivity contribution is 6.34. The summed E-state index contributed by atoms with van der Waals surface area (Å²) in [6, 6.07) is 12.1. The van der Waals surface area contributed by atoms with Crippen LogP contribution >= 0.6 is 0 Å². The average Bonchev–Trinajstić information content (AvgIpc) is 2.97. The van der Waals surface area contributed by atoms with E-state index in [2.05, 4.69) is 10.6 Å². The number of benzene rings is 2. The molecule has 0 bridgehead atoms. The van der Waals surface area contributed by atoms with Crippen molar-refractivity contribution in [2.75, 3.05) is 11.4 Å². The maximum atomic E-state index is 12.5. The molecule has 2 N–H and O–H groups in total. The Morgan fingerprint density at radius 1 is 0.964 bits per heavy atom. The zero-order valence-electron chi connectivity index (χ0n) is 15.7. The monoisotopic (exact) mass is 379 g/mol. The first-order chi connectivity index (χ1) is 13.4. The fourth-order valence-corrected chi connectivity index (χ4v) is 2.93. The van der Waals surface area contributed by atoms with Crippen LogP contribution in [0.4, 0.5) is 5.69 Å². The number of imide groups is 1. The quantitative estimate of drug-likeness (QED) is 0.752. The molecular weight excluding hydrogens is 358 g/mol. The van der Waals surface area contributed by atoms with E-state index >= 15 is 0 Å². The van der Waals surface area contributed by atoms with Crippen LogP contribution in [0.1, 0.15) is 51.3 Å². The number of fused-ring (bicyclic) bond motifs is 1. The van der Waals surface area contributed by atoms with Crippen LogP contribution in [0, 0.1) is 0 Å². The van der Waals surface area contributed by atoms with Crippen molar-refractivity contribution < 1.29 is 19.2 Å². The first-order valence-electron chi connectivity index (χ1n) is 9.10. The minimum atomic E-state index is -0.671. The Morgan fingerprint density at radius 3 is 2.07 bits per heavy atom. The molecule has 7 nitrogen and oxygen atoms in total. The van der Waals surface area contributed by atoms with Gasteiger partial charge in [0.15, 0.2) is 0 Å². The number of hydrogen-bond donors (Lipinski definition) is 2. The molecule has 1 heterocycles. The van der Waals surface area contributed by atoms with Crippen molar-refractivity contribution in [3.05, 3.63) is 65.2 Å². The highest BCUT2D eigenvalue weighted by Crippen LogP contribution is 2.28. The van der Waals surface area contributed by atoms with E-state index in [1.165, 1.54) is 12.1 Å². The maximum absolute atomic E-state index is 12.5. The molecule has 1 aliphatic heterocycles. The topological polar surface area (TPSA) is 95.6 Å². The SMILES string of the molecule is CCCNC(=O)[C@H](C)NC(=O)c1ccc(N2C(=O)c3ccccc3C2=O)cc1.